The SMILES string of the molecule is CCCc1cc(N2CC[NH+](CCO)CC2)n2c(nc3ccccc32)c1C#N. The van der Waals surface area contributed by atoms with Crippen LogP contribution in [-0.2, 0) is 6.42 Å². The van der Waals surface area contributed by atoms with Gasteiger partial charge in [0.15, 0.2) is 5.65 Å². The maximum Gasteiger partial charge on any atom is 0.157 e. The summed E-state index contributed by atoms with van der Waals surface area (Å²) < 4.78 is 2.16. The highest BCUT2D eigenvalue weighted by molar-refractivity contribution is 5.85. The van der Waals surface area contributed by atoms with Crippen LogP contribution in [0, 0.1) is 11.3 Å². The van der Waals surface area contributed by atoms with E-state index in [9.17, 15) is 10.4 Å². The number of aromatic nitrogens is 2. The molecule has 2 N–H and O–H groups in total. The Kier molecular flexibility index (Phi) is 4.97. The largest absolute Gasteiger partial charge is 0.391 e. The summed E-state index contributed by atoms with van der Waals surface area (Å²) in [4.78, 5) is 8.66. The number of aliphatic hydroxyl groups is 1. The molecule has 0 saturated carbocycles. The molecule has 0 aliphatic carbocycles. The standard InChI is InChI=1S/C21H25N5O/c1-2-5-16-14-20(25-10-8-24(9-11-25)12-13-27)26-19-7-4-3-6-18(19)23-21(26)17(16)15-22/h3-4,6-7,14,27H,2,5,8-13H2,1H3/p+1. The number of nitriles is 1. The summed E-state index contributed by atoms with van der Waals surface area (Å²) in [5.74, 6) is 1.13. The zero-order chi connectivity index (χ0) is 18.8. The first kappa shape index (κ1) is 17.8. The van der Waals surface area contributed by atoms with Gasteiger partial charge in [-0.15, -0.1) is 0 Å². The molecule has 1 aliphatic heterocycles. The highest BCUT2D eigenvalue weighted by Crippen LogP contribution is 2.29. The molecule has 140 valence electrons. The lowest BCUT2D eigenvalue weighted by Gasteiger charge is -2.34. The summed E-state index contributed by atoms with van der Waals surface area (Å²) in [5, 5.41) is 19.0. The topological polar surface area (TPSA) is 69.0 Å². The number of hydrogen-bond donors (Lipinski definition) is 2. The number of rotatable bonds is 5. The Morgan fingerprint density at radius 3 is 2.74 bits per heavy atom. The second-order valence-corrected chi connectivity index (χ2v) is 7.23. The van der Waals surface area contributed by atoms with Gasteiger partial charge < -0.3 is 14.9 Å². The zero-order valence-electron chi connectivity index (χ0n) is 15.8. The van der Waals surface area contributed by atoms with Crippen LogP contribution in [0.25, 0.3) is 16.7 Å². The summed E-state index contributed by atoms with van der Waals surface area (Å²) in [6.07, 6.45) is 1.88. The van der Waals surface area contributed by atoms with Crippen molar-refractivity contribution in [3.05, 3.63) is 41.5 Å². The molecule has 2 aromatic heterocycles. The van der Waals surface area contributed by atoms with Crippen molar-refractivity contribution in [2.24, 2.45) is 0 Å². The number of aryl methyl sites for hydroxylation is 1. The van der Waals surface area contributed by atoms with E-state index in [1.54, 1.807) is 0 Å². The smallest absolute Gasteiger partial charge is 0.157 e. The molecule has 27 heavy (non-hydrogen) atoms. The fourth-order valence-corrected chi connectivity index (χ4v) is 4.14. The van der Waals surface area contributed by atoms with Crippen LogP contribution in [0.1, 0.15) is 24.5 Å². The van der Waals surface area contributed by atoms with Gasteiger partial charge in [0.1, 0.15) is 18.4 Å². The number of imidazole rings is 1. The van der Waals surface area contributed by atoms with Crippen molar-refractivity contribution < 1.29 is 10.0 Å². The Labute approximate surface area is 159 Å². The average molecular weight is 364 g/mol. The highest BCUT2D eigenvalue weighted by atomic mass is 16.3. The van der Waals surface area contributed by atoms with E-state index < -0.39 is 0 Å². The van der Waals surface area contributed by atoms with Gasteiger partial charge in [-0.1, -0.05) is 25.5 Å². The number of benzene rings is 1. The molecule has 4 rings (SSSR count). The van der Waals surface area contributed by atoms with Gasteiger partial charge in [0.05, 0.1) is 49.4 Å². The van der Waals surface area contributed by atoms with E-state index >= 15 is 0 Å². The van der Waals surface area contributed by atoms with Crippen LogP contribution in [0.2, 0.25) is 0 Å². The minimum atomic E-state index is 0.239. The molecule has 1 aliphatic rings. The number of aliphatic hydroxyl groups excluding tert-OH is 1. The van der Waals surface area contributed by atoms with E-state index in [-0.39, 0.29) is 6.61 Å². The first-order valence-electron chi connectivity index (χ1n) is 9.79. The van der Waals surface area contributed by atoms with E-state index in [4.69, 9.17) is 4.98 Å². The molecule has 1 fully saturated rings. The Morgan fingerprint density at radius 2 is 2.04 bits per heavy atom. The lowest BCUT2D eigenvalue weighted by molar-refractivity contribution is -0.900. The van der Waals surface area contributed by atoms with Crippen LogP contribution in [-0.4, -0.2) is 53.8 Å². The molecule has 1 saturated heterocycles. The number of nitrogens with zero attached hydrogens (tertiary/aromatic N) is 4. The number of quaternary nitrogens is 1. The highest BCUT2D eigenvalue weighted by Gasteiger charge is 2.24. The minimum absolute atomic E-state index is 0.239. The van der Waals surface area contributed by atoms with Crippen molar-refractivity contribution in [3.63, 3.8) is 0 Å². The van der Waals surface area contributed by atoms with Crippen molar-refractivity contribution in [1.82, 2.24) is 9.38 Å². The van der Waals surface area contributed by atoms with Crippen LogP contribution in [0.5, 0.6) is 0 Å². The number of nitrogens with one attached hydrogen (secondary N) is 1. The molecule has 0 spiro atoms. The summed E-state index contributed by atoms with van der Waals surface area (Å²) in [5.41, 5.74) is 4.52. The molecule has 6 heteroatoms. The van der Waals surface area contributed by atoms with Gasteiger partial charge in [-0.25, -0.2) is 4.98 Å². The number of anilines is 1. The molecule has 6 nitrogen and oxygen atoms in total. The third-order valence-corrected chi connectivity index (χ3v) is 5.53. The van der Waals surface area contributed by atoms with Crippen molar-refractivity contribution >= 4 is 22.5 Å². The van der Waals surface area contributed by atoms with Gasteiger partial charge in [-0.05, 0) is 30.2 Å². The van der Waals surface area contributed by atoms with Crippen LogP contribution in [0.3, 0.4) is 0 Å². The molecule has 1 aromatic carbocycles. The van der Waals surface area contributed by atoms with Gasteiger partial charge in [0.2, 0.25) is 0 Å². The van der Waals surface area contributed by atoms with Crippen LogP contribution in [0.4, 0.5) is 5.82 Å². The second kappa shape index (κ2) is 7.55. The third kappa shape index (κ3) is 3.14. The molecule has 0 radical (unpaired) electrons. The maximum absolute atomic E-state index is 9.82. The van der Waals surface area contributed by atoms with E-state index in [1.807, 2.05) is 18.2 Å². The van der Waals surface area contributed by atoms with Crippen LogP contribution < -0.4 is 9.80 Å². The summed E-state index contributed by atoms with van der Waals surface area (Å²) in [6.45, 7) is 7.09. The van der Waals surface area contributed by atoms with E-state index in [2.05, 4.69) is 34.4 Å². The Bertz CT molecular complexity index is 995. The minimum Gasteiger partial charge on any atom is -0.391 e. The fourth-order valence-electron chi connectivity index (χ4n) is 4.14. The van der Waals surface area contributed by atoms with Crippen molar-refractivity contribution in [1.29, 1.82) is 5.26 Å². The van der Waals surface area contributed by atoms with Crippen molar-refractivity contribution in [2.45, 2.75) is 19.8 Å². The predicted octanol–water partition coefficient (Wildman–Crippen LogP) is 1.01. The van der Waals surface area contributed by atoms with Crippen molar-refractivity contribution in [2.75, 3.05) is 44.2 Å². The molecule has 3 heterocycles. The van der Waals surface area contributed by atoms with E-state index in [0.717, 1.165) is 73.6 Å². The summed E-state index contributed by atoms with van der Waals surface area (Å²) in [6, 6.07) is 12.7. The Balaban J connectivity index is 1.87. The molecule has 3 aromatic rings. The Morgan fingerprint density at radius 1 is 1.26 bits per heavy atom. The van der Waals surface area contributed by atoms with Gasteiger partial charge in [-0.3, -0.25) is 4.40 Å². The monoisotopic (exact) mass is 364 g/mol. The van der Waals surface area contributed by atoms with E-state index in [0.29, 0.717) is 5.56 Å². The van der Waals surface area contributed by atoms with Gasteiger partial charge >= 0.3 is 0 Å². The van der Waals surface area contributed by atoms with Crippen LogP contribution >= 0.6 is 0 Å². The van der Waals surface area contributed by atoms with Crippen LogP contribution in [0.15, 0.2) is 30.3 Å². The maximum atomic E-state index is 9.82. The molecule has 0 bridgehead atoms. The number of para-hydroxylation sites is 2. The molecule has 0 unspecified atom stereocenters. The predicted molar refractivity (Wildman–Crippen MR) is 106 cm³/mol. The summed E-state index contributed by atoms with van der Waals surface area (Å²) in [7, 11) is 0. The second-order valence-electron chi connectivity index (χ2n) is 7.23. The molecule has 0 amide bonds. The van der Waals surface area contributed by atoms with Gasteiger partial charge in [0, 0.05) is 0 Å². The average Bonchev–Trinajstić information content (AvgIpc) is 3.08. The van der Waals surface area contributed by atoms with Gasteiger partial charge in [-0.2, -0.15) is 5.26 Å². The molecular formula is C21H26N5O+. The fraction of sp³-hybridized carbons (Fsp3) is 0.429. The lowest BCUT2D eigenvalue weighted by Crippen LogP contribution is -3.15. The third-order valence-electron chi connectivity index (χ3n) is 5.53. The first-order chi connectivity index (χ1) is 13.3. The quantitative estimate of drug-likeness (QED) is 0.709. The normalized spacial score (nSPS) is 15.5. The van der Waals surface area contributed by atoms with Crippen molar-refractivity contribution in [3.8, 4) is 6.07 Å². The molecular weight excluding hydrogens is 338 g/mol. The summed E-state index contributed by atoms with van der Waals surface area (Å²) >= 11 is 0. The zero-order valence-corrected chi connectivity index (χ0v) is 15.8. The number of hydrogen-bond acceptors (Lipinski definition) is 4. The number of piperazine rings is 1. The van der Waals surface area contributed by atoms with E-state index in [1.165, 1.54) is 4.90 Å². The first-order valence-corrected chi connectivity index (χ1v) is 9.79. The lowest BCUT2D eigenvalue weighted by atomic mass is 10.1. The number of fused-ring (bicyclic) bond motifs is 3. The van der Waals surface area contributed by atoms with Gasteiger partial charge in [0.25, 0.3) is 0 Å². The molecule has 0 atom stereocenters. The Hall–Kier alpha value is -2.62. The number of pyridine rings is 1.